The Labute approximate surface area is 188 Å². The maximum absolute atomic E-state index is 13.3. The molecule has 166 valence electrons. The Kier molecular flexibility index (Phi) is 6.46. The molecule has 0 saturated heterocycles. The van der Waals surface area contributed by atoms with Crippen LogP contribution in [0.3, 0.4) is 0 Å². The topological polar surface area (TPSA) is 75.7 Å². The van der Waals surface area contributed by atoms with E-state index in [4.69, 9.17) is 4.74 Å². The zero-order valence-corrected chi connectivity index (χ0v) is 18.7. The van der Waals surface area contributed by atoms with E-state index in [2.05, 4.69) is 5.32 Å². The number of ether oxygens (including phenoxy) is 1. The molecule has 4 rings (SSSR count). The monoisotopic (exact) mass is 450 g/mol. The lowest BCUT2D eigenvalue weighted by atomic mass is 10.0. The second-order valence-electron chi connectivity index (χ2n) is 7.90. The number of nitrogens with one attached hydrogen (secondary N) is 1. The van der Waals surface area contributed by atoms with Gasteiger partial charge in [-0.15, -0.1) is 0 Å². The van der Waals surface area contributed by atoms with Crippen molar-refractivity contribution < 1.29 is 17.9 Å². The first-order valence-electron chi connectivity index (χ1n) is 10.6. The van der Waals surface area contributed by atoms with Gasteiger partial charge in [-0.25, -0.2) is 8.42 Å². The van der Waals surface area contributed by atoms with Crippen LogP contribution >= 0.6 is 0 Å². The largest absolute Gasteiger partial charge is 0.476 e. The number of carbonyl (C=O) groups is 1. The van der Waals surface area contributed by atoms with Gasteiger partial charge in [0.05, 0.1) is 18.0 Å². The zero-order chi connectivity index (χ0) is 22.6. The van der Waals surface area contributed by atoms with E-state index in [-0.39, 0.29) is 24.1 Å². The quantitative estimate of drug-likeness (QED) is 0.596. The summed E-state index contributed by atoms with van der Waals surface area (Å²) in [5.74, 6) is 0.0180. The lowest BCUT2D eigenvalue weighted by Gasteiger charge is -2.35. The Hall–Kier alpha value is -3.32. The predicted octanol–water partition coefficient (Wildman–Crippen LogP) is 3.70. The fraction of sp³-hybridized carbons (Fsp3) is 0.240. The minimum absolute atomic E-state index is 0.0717. The number of hydrogen-bond acceptors (Lipinski definition) is 4. The summed E-state index contributed by atoms with van der Waals surface area (Å²) >= 11 is 0. The van der Waals surface area contributed by atoms with Gasteiger partial charge in [0, 0.05) is 6.54 Å². The van der Waals surface area contributed by atoms with E-state index in [1.54, 1.807) is 36.4 Å². The van der Waals surface area contributed by atoms with E-state index in [1.807, 2.05) is 55.5 Å². The lowest BCUT2D eigenvalue weighted by Crippen LogP contribution is -2.51. The van der Waals surface area contributed by atoms with Crippen molar-refractivity contribution in [2.75, 3.05) is 17.4 Å². The second-order valence-corrected chi connectivity index (χ2v) is 9.80. The standard InChI is InChI=1S/C25H26N2O4S/c1-19(21-12-6-3-7-13-21)16-26-25(28)24-17-27(22-14-8-9-15-23(22)31-24)32(29,30)18-20-10-4-2-5-11-20/h2-15,19,24H,16-18H2,1H3,(H,26,28)/t19-,24+/m1/s1. The molecule has 0 bridgehead atoms. The summed E-state index contributed by atoms with van der Waals surface area (Å²) < 4.78 is 33.7. The first-order chi connectivity index (χ1) is 15.4. The summed E-state index contributed by atoms with van der Waals surface area (Å²) in [4.78, 5) is 12.9. The second kappa shape index (κ2) is 9.44. The van der Waals surface area contributed by atoms with Crippen LogP contribution in [0.5, 0.6) is 5.75 Å². The van der Waals surface area contributed by atoms with Gasteiger partial charge in [0.25, 0.3) is 5.91 Å². The number of anilines is 1. The molecule has 3 aromatic carbocycles. The number of carbonyl (C=O) groups excluding carboxylic acids is 1. The van der Waals surface area contributed by atoms with Crippen LogP contribution in [0, 0.1) is 0 Å². The molecule has 0 aromatic heterocycles. The van der Waals surface area contributed by atoms with E-state index >= 15 is 0 Å². The third kappa shape index (κ3) is 4.94. The van der Waals surface area contributed by atoms with Gasteiger partial charge < -0.3 is 10.1 Å². The Bertz CT molecular complexity index is 1170. The Balaban J connectivity index is 1.51. The normalized spacial score (nSPS) is 16.5. The molecular formula is C25H26N2O4S. The van der Waals surface area contributed by atoms with Gasteiger partial charge in [-0.2, -0.15) is 0 Å². The first-order valence-corrected chi connectivity index (χ1v) is 12.2. The Morgan fingerprint density at radius 3 is 2.34 bits per heavy atom. The van der Waals surface area contributed by atoms with Crippen LogP contribution < -0.4 is 14.4 Å². The van der Waals surface area contributed by atoms with Crippen molar-refractivity contribution in [2.45, 2.75) is 24.7 Å². The fourth-order valence-electron chi connectivity index (χ4n) is 3.73. The Morgan fingerprint density at radius 2 is 1.62 bits per heavy atom. The summed E-state index contributed by atoms with van der Waals surface area (Å²) in [5.41, 5.74) is 2.26. The summed E-state index contributed by atoms with van der Waals surface area (Å²) in [6.07, 6.45) is -0.932. The predicted molar refractivity (Wildman–Crippen MR) is 125 cm³/mol. The number of sulfonamides is 1. The molecule has 6 nitrogen and oxygen atoms in total. The lowest BCUT2D eigenvalue weighted by molar-refractivity contribution is -0.127. The van der Waals surface area contributed by atoms with Crippen LogP contribution in [-0.4, -0.2) is 33.5 Å². The molecule has 3 aromatic rings. The van der Waals surface area contributed by atoms with Gasteiger partial charge in [-0.05, 0) is 29.2 Å². The van der Waals surface area contributed by atoms with Crippen LogP contribution in [0.15, 0.2) is 84.9 Å². The zero-order valence-electron chi connectivity index (χ0n) is 17.8. The molecule has 1 amide bonds. The molecule has 0 radical (unpaired) electrons. The number of hydrogen-bond donors (Lipinski definition) is 1. The molecule has 2 atom stereocenters. The van der Waals surface area contributed by atoms with Crippen molar-refractivity contribution in [1.29, 1.82) is 0 Å². The Morgan fingerprint density at radius 1 is 1.00 bits per heavy atom. The molecule has 7 heteroatoms. The molecule has 1 heterocycles. The minimum Gasteiger partial charge on any atom is -0.476 e. The average molecular weight is 451 g/mol. The number of benzene rings is 3. The molecule has 0 fully saturated rings. The molecule has 1 N–H and O–H groups in total. The molecule has 0 saturated carbocycles. The molecule has 32 heavy (non-hydrogen) atoms. The van der Waals surface area contributed by atoms with Crippen LogP contribution in [0.25, 0.3) is 0 Å². The van der Waals surface area contributed by atoms with Gasteiger partial charge in [-0.3, -0.25) is 9.10 Å². The van der Waals surface area contributed by atoms with Crippen molar-refractivity contribution in [3.05, 3.63) is 96.1 Å². The summed E-state index contributed by atoms with van der Waals surface area (Å²) in [5, 5.41) is 2.92. The minimum atomic E-state index is -3.72. The van der Waals surface area contributed by atoms with Crippen LogP contribution in [0.1, 0.15) is 24.0 Å². The van der Waals surface area contributed by atoms with Crippen molar-refractivity contribution in [2.24, 2.45) is 0 Å². The molecule has 0 spiro atoms. The molecule has 1 aliphatic rings. The summed E-state index contributed by atoms with van der Waals surface area (Å²) in [6.45, 7) is 2.39. The van der Waals surface area contributed by atoms with Crippen molar-refractivity contribution in [3.63, 3.8) is 0 Å². The number of nitrogens with zero attached hydrogens (tertiary/aromatic N) is 1. The highest BCUT2D eigenvalue weighted by Crippen LogP contribution is 2.35. The van der Waals surface area contributed by atoms with Crippen LogP contribution in [0.4, 0.5) is 5.69 Å². The van der Waals surface area contributed by atoms with E-state index in [1.165, 1.54) is 4.31 Å². The van der Waals surface area contributed by atoms with Gasteiger partial charge >= 0.3 is 0 Å². The van der Waals surface area contributed by atoms with Crippen molar-refractivity contribution >= 4 is 21.6 Å². The van der Waals surface area contributed by atoms with Gasteiger partial charge in [0.1, 0.15) is 5.75 Å². The van der Waals surface area contributed by atoms with Crippen LogP contribution in [0.2, 0.25) is 0 Å². The highest BCUT2D eigenvalue weighted by Gasteiger charge is 2.36. The smallest absolute Gasteiger partial charge is 0.263 e. The van der Waals surface area contributed by atoms with Gasteiger partial charge in [0.2, 0.25) is 10.0 Å². The van der Waals surface area contributed by atoms with E-state index in [9.17, 15) is 13.2 Å². The number of para-hydroxylation sites is 2. The number of amides is 1. The third-order valence-electron chi connectivity index (χ3n) is 5.51. The number of rotatable bonds is 7. The third-order valence-corrected chi connectivity index (χ3v) is 7.22. The average Bonchev–Trinajstić information content (AvgIpc) is 2.82. The first kappa shape index (κ1) is 21.9. The molecule has 0 unspecified atom stereocenters. The molecular weight excluding hydrogens is 424 g/mol. The van der Waals surface area contributed by atoms with E-state index in [0.717, 1.165) is 5.56 Å². The van der Waals surface area contributed by atoms with Gasteiger partial charge in [0.15, 0.2) is 6.10 Å². The van der Waals surface area contributed by atoms with E-state index in [0.29, 0.717) is 23.5 Å². The SMILES string of the molecule is C[C@H](CNC(=O)[C@@H]1CN(S(=O)(=O)Cc2ccccc2)c2ccccc2O1)c1ccccc1. The van der Waals surface area contributed by atoms with Crippen molar-refractivity contribution in [1.82, 2.24) is 5.32 Å². The fourth-order valence-corrected chi connectivity index (χ4v) is 5.31. The summed E-state index contributed by atoms with van der Waals surface area (Å²) in [7, 11) is -3.72. The summed E-state index contributed by atoms with van der Waals surface area (Å²) in [6, 6.07) is 25.8. The van der Waals surface area contributed by atoms with E-state index < -0.39 is 16.1 Å². The highest BCUT2D eigenvalue weighted by atomic mass is 32.2. The molecule has 0 aliphatic carbocycles. The maximum atomic E-state index is 13.3. The maximum Gasteiger partial charge on any atom is 0.263 e. The van der Waals surface area contributed by atoms with Gasteiger partial charge in [-0.1, -0.05) is 79.7 Å². The molecule has 1 aliphatic heterocycles. The van der Waals surface area contributed by atoms with Crippen LogP contribution in [-0.2, 0) is 20.6 Å². The highest BCUT2D eigenvalue weighted by molar-refractivity contribution is 7.92. The van der Waals surface area contributed by atoms with Crippen molar-refractivity contribution in [3.8, 4) is 5.75 Å². The number of fused-ring (bicyclic) bond motifs is 1.